The third-order valence-electron chi connectivity index (χ3n) is 15.1. The van der Waals surface area contributed by atoms with Gasteiger partial charge in [0.2, 0.25) is 47.3 Å². The van der Waals surface area contributed by atoms with E-state index in [1.807, 2.05) is 131 Å². The maximum Gasteiger partial charge on any atom is 0.242 e. The average Bonchev–Trinajstić information content (AvgIpc) is 2.37. The predicted octanol–water partition coefficient (Wildman–Crippen LogP) is 4.56. The second kappa shape index (κ2) is 38.4. The molecular formula is C68H97N11O11. The summed E-state index contributed by atoms with van der Waals surface area (Å²) in [5, 5.41) is 3.19. The van der Waals surface area contributed by atoms with Gasteiger partial charge in [-0.05, 0) is 105 Å². The molecule has 0 atom stereocenters. The van der Waals surface area contributed by atoms with Gasteiger partial charge < -0.3 is 65.5 Å². The number of hydrogen-bond donors (Lipinski definition) is 3. The summed E-state index contributed by atoms with van der Waals surface area (Å²) >= 11 is 0. The van der Waals surface area contributed by atoms with Crippen LogP contribution < -0.4 is 26.3 Å². The molecule has 1 saturated carbocycles. The molecule has 5 N–H and O–H groups in total. The smallest absolute Gasteiger partial charge is 0.242 e. The van der Waals surface area contributed by atoms with Crippen LogP contribution in [0, 0.1) is 11.8 Å². The number of ether oxygens (including phenoxy) is 2. The number of methoxy groups -OCH3 is 2. The maximum absolute atomic E-state index is 14.9. The lowest BCUT2D eigenvalue weighted by atomic mass is 10.1. The number of carbonyl (C=O) groups excluding carboxylic acids is 9. The summed E-state index contributed by atoms with van der Waals surface area (Å²) in [6.07, 6.45) is 3.37. The highest BCUT2D eigenvalue weighted by Gasteiger charge is 2.36. The lowest BCUT2D eigenvalue weighted by molar-refractivity contribution is -0.149. The molecule has 22 nitrogen and oxygen atoms in total. The van der Waals surface area contributed by atoms with Crippen molar-refractivity contribution in [1.29, 1.82) is 0 Å². The van der Waals surface area contributed by atoms with Gasteiger partial charge >= 0.3 is 0 Å². The molecule has 5 rings (SSSR count). The highest BCUT2D eigenvalue weighted by Crippen LogP contribution is 2.29. The molecule has 90 heavy (non-hydrogen) atoms. The maximum atomic E-state index is 14.9. The third-order valence-corrected chi connectivity index (χ3v) is 15.1. The minimum Gasteiger partial charge on any atom is -0.493 e. The van der Waals surface area contributed by atoms with E-state index in [4.69, 9.17) is 20.9 Å². The van der Waals surface area contributed by atoms with E-state index in [-0.39, 0.29) is 95.0 Å². The summed E-state index contributed by atoms with van der Waals surface area (Å²) in [7, 11) is 3.10. The number of nitrogens with one attached hydrogen (secondary N) is 1. The number of hydrogen-bond acceptors (Lipinski definition) is 14. The van der Waals surface area contributed by atoms with Gasteiger partial charge in [-0.2, -0.15) is 0 Å². The highest BCUT2D eigenvalue weighted by atomic mass is 16.5. The van der Waals surface area contributed by atoms with E-state index in [0.717, 1.165) is 29.5 Å². The second-order valence-corrected chi connectivity index (χ2v) is 23.9. The van der Waals surface area contributed by atoms with Gasteiger partial charge in [-0.15, -0.1) is 0 Å². The van der Waals surface area contributed by atoms with Crippen LogP contribution in [0.5, 0.6) is 11.5 Å². The van der Waals surface area contributed by atoms with Gasteiger partial charge in [0.25, 0.3) is 0 Å². The Morgan fingerprint density at radius 3 is 1.19 bits per heavy atom. The third kappa shape index (κ3) is 25.3. The fourth-order valence-electron chi connectivity index (χ4n) is 10.3. The Morgan fingerprint density at radius 1 is 0.444 bits per heavy atom. The second-order valence-electron chi connectivity index (χ2n) is 23.9. The first kappa shape index (κ1) is 72.5. The van der Waals surface area contributed by atoms with E-state index in [0.29, 0.717) is 68.9 Å². The zero-order valence-electron chi connectivity index (χ0n) is 54.0. The minimum absolute atomic E-state index is 0.0119. The van der Waals surface area contributed by atoms with Crippen LogP contribution >= 0.6 is 0 Å². The molecule has 0 saturated heterocycles. The number of ketones is 1. The topological polar surface area (TPSA) is 262 Å². The van der Waals surface area contributed by atoms with Crippen LogP contribution in [0.3, 0.4) is 0 Å². The summed E-state index contributed by atoms with van der Waals surface area (Å²) in [6, 6.07) is 32.8. The first-order chi connectivity index (χ1) is 43.2. The number of carbonyl (C=O) groups is 9. The van der Waals surface area contributed by atoms with Crippen molar-refractivity contribution in [3.63, 3.8) is 0 Å². The van der Waals surface area contributed by atoms with Crippen molar-refractivity contribution in [1.82, 2.24) is 44.5 Å². The Balaban J connectivity index is 1.36. The Kier molecular flexibility index (Phi) is 30.9. The molecule has 0 spiro atoms. The van der Waals surface area contributed by atoms with Crippen LogP contribution in [0.4, 0.5) is 0 Å². The van der Waals surface area contributed by atoms with Crippen LogP contribution in [0.15, 0.2) is 109 Å². The van der Waals surface area contributed by atoms with Gasteiger partial charge in [-0.1, -0.05) is 125 Å². The highest BCUT2D eigenvalue weighted by molar-refractivity contribution is 5.94. The van der Waals surface area contributed by atoms with Crippen molar-refractivity contribution in [2.45, 2.75) is 105 Å². The Bertz CT molecular complexity index is 2930. The van der Waals surface area contributed by atoms with Gasteiger partial charge in [0.1, 0.15) is 32.0 Å². The van der Waals surface area contributed by atoms with E-state index < -0.39 is 74.1 Å². The van der Waals surface area contributed by atoms with Crippen molar-refractivity contribution in [3.8, 4) is 11.5 Å². The average molecular weight is 1240 g/mol. The van der Waals surface area contributed by atoms with Crippen molar-refractivity contribution in [3.05, 3.63) is 131 Å². The Labute approximate surface area is 532 Å². The Hall–Kier alpha value is -8.21. The predicted molar refractivity (Wildman–Crippen MR) is 345 cm³/mol. The quantitative estimate of drug-likeness (QED) is 0.0515. The number of Topliss-reactive ketones (excluding diaryl/α,β-unsaturated/α-hetero) is 1. The van der Waals surface area contributed by atoms with Crippen LogP contribution in [0.2, 0.25) is 0 Å². The van der Waals surface area contributed by atoms with Crippen molar-refractivity contribution in [2.24, 2.45) is 23.3 Å². The SMILES string of the molecule is COc1ccc(CNCC(=O)N(CC(=O)N(CC(=O)N(CC(=O)N(CCCCN)CC(=O)N(CCCCN)CC(=O)N(CC(=O)N(CC(=O)N(CC(C)=O)CC(C)C)Cc2ccccc2)Cc2ccccc2)CC(C)C)Cc2ccccc2)C2CC2)cc1OC. The molecule has 0 aliphatic heterocycles. The van der Waals surface area contributed by atoms with E-state index in [9.17, 15) is 43.2 Å². The molecule has 4 aromatic carbocycles. The number of unbranched alkanes of at least 4 members (excludes halogenated alkanes) is 2. The van der Waals surface area contributed by atoms with Crippen LogP contribution in [-0.4, -0.2) is 211 Å². The van der Waals surface area contributed by atoms with Gasteiger partial charge in [-0.3, -0.25) is 43.2 Å². The number of nitrogens with zero attached hydrogens (tertiary/aromatic N) is 8. The van der Waals surface area contributed by atoms with E-state index in [2.05, 4.69) is 5.32 Å². The number of benzene rings is 4. The first-order valence-electron chi connectivity index (χ1n) is 31.4. The van der Waals surface area contributed by atoms with E-state index in [1.165, 1.54) is 41.2 Å². The molecule has 22 heteroatoms. The minimum atomic E-state index is -0.561. The zero-order chi connectivity index (χ0) is 65.5. The fourth-order valence-corrected chi connectivity index (χ4v) is 10.3. The van der Waals surface area contributed by atoms with Gasteiger partial charge in [0.15, 0.2) is 11.5 Å². The molecular weight excluding hydrogens is 1150 g/mol. The van der Waals surface area contributed by atoms with Gasteiger partial charge in [0, 0.05) is 58.4 Å². The zero-order valence-corrected chi connectivity index (χ0v) is 54.0. The van der Waals surface area contributed by atoms with Crippen LogP contribution in [0.1, 0.15) is 95.4 Å². The molecule has 8 amide bonds. The summed E-state index contributed by atoms with van der Waals surface area (Å²) < 4.78 is 10.8. The molecule has 0 aromatic heterocycles. The normalized spacial score (nSPS) is 11.8. The number of nitrogens with two attached hydrogens (primary N) is 2. The molecule has 1 aliphatic carbocycles. The molecule has 0 heterocycles. The van der Waals surface area contributed by atoms with Gasteiger partial charge in [0.05, 0.1) is 46.9 Å². The molecule has 1 fully saturated rings. The van der Waals surface area contributed by atoms with E-state index in [1.54, 1.807) is 25.2 Å². The monoisotopic (exact) mass is 1240 g/mol. The van der Waals surface area contributed by atoms with Gasteiger partial charge in [-0.25, -0.2) is 0 Å². The van der Waals surface area contributed by atoms with E-state index >= 15 is 0 Å². The summed E-state index contributed by atoms with van der Waals surface area (Å²) in [5.41, 5.74) is 14.9. The standard InChI is InChI=1S/C68H97N11O11/c1-51(2)38-74(40-53(5)80)65(85)47-77(42-55-23-13-9-14-24-55)67(87)49-76(41-54-21-11-8-12-22-54)64(84)45-73(34-20-18-32-70)62(82)44-72(33-19-17-31-69)63(83)46-75(39-52(3)4)66(86)48-78(43-56-25-15-10-16-26-56)68(88)50-79(58-28-29-58)61(81)37-71-36-57-27-30-59(89-6)60(35-57)90-7/h8-16,21-27,30,35,51-52,58,71H,17-20,28-29,31-34,36-50,69-70H2,1-7H3. The molecule has 4 aromatic rings. The lowest BCUT2D eigenvalue weighted by Gasteiger charge is -2.33. The molecule has 0 bridgehead atoms. The number of rotatable bonds is 41. The van der Waals surface area contributed by atoms with Crippen molar-refractivity contribution < 1.29 is 52.6 Å². The molecule has 1 aliphatic rings. The molecule has 490 valence electrons. The van der Waals surface area contributed by atoms with Crippen molar-refractivity contribution >= 4 is 53.0 Å². The van der Waals surface area contributed by atoms with Crippen LogP contribution in [0.25, 0.3) is 0 Å². The summed E-state index contributed by atoms with van der Waals surface area (Å²) in [5.74, 6) is -2.95. The molecule has 0 unspecified atom stereocenters. The molecule has 0 radical (unpaired) electrons. The number of amides is 8. The largest absolute Gasteiger partial charge is 0.493 e. The van der Waals surface area contributed by atoms with Crippen molar-refractivity contribution in [2.75, 3.05) is 112 Å². The lowest BCUT2D eigenvalue weighted by Crippen LogP contribution is -2.53. The fraction of sp³-hybridized carbons (Fsp3) is 0.515. The first-order valence-corrected chi connectivity index (χ1v) is 31.4. The summed E-state index contributed by atoms with van der Waals surface area (Å²) in [6.45, 7) is 7.82. The summed E-state index contributed by atoms with van der Waals surface area (Å²) in [4.78, 5) is 140. The Morgan fingerprint density at radius 2 is 0.811 bits per heavy atom. The van der Waals surface area contributed by atoms with Crippen LogP contribution in [-0.2, 0) is 69.3 Å².